The van der Waals surface area contributed by atoms with Gasteiger partial charge < -0.3 is 4.90 Å². The van der Waals surface area contributed by atoms with Crippen LogP contribution in [0.15, 0.2) is 36.4 Å². The molecule has 0 N–H and O–H groups in total. The lowest BCUT2D eigenvalue weighted by Crippen LogP contribution is -2.34. The molecule has 0 amide bonds. The number of benzene rings is 1. The Morgan fingerprint density at radius 1 is 0.950 bits per heavy atom. The van der Waals surface area contributed by atoms with Crippen LogP contribution in [0.5, 0.6) is 0 Å². The summed E-state index contributed by atoms with van der Waals surface area (Å²) < 4.78 is 0. The van der Waals surface area contributed by atoms with Crippen LogP contribution in [-0.4, -0.2) is 29.1 Å². The van der Waals surface area contributed by atoms with Crippen molar-refractivity contribution in [3.63, 3.8) is 0 Å². The van der Waals surface area contributed by atoms with E-state index in [1.807, 2.05) is 12.1 Å². The zero-order chi connectivity index (χ0) is 13.9. The van der Waals surface area contributed by atoms with E-state index < -0.39 is 0 Å². The summed E-state index contributed by atoms with van der Waals surface area (Å²) in [7, 11) is 0. The summed E-state index contributed by atoms with van der Waals surface area (Å²) in [6.45, 7) is 3.56. The zero-order valence-corrected chi connectivity index (χ0v) is 11.5. The Kier molecular flexibility index (Phi) is 3.46. The number of ketones is 1. The van der Waals surface area contributed by atoms with Gasteiger partial charge in [-0.3, -0.25) is 4.79 Å². The molecule has 20 heavy (non-hydrogen) atoms. The monoisotopic (exact) mass is 267 g/mol. The first kappa shape index (κ1) is 12.8. The maximum atomic E-state index is 11.2. The third-order valence-corrected chi connectivity index (χ3v) is 3.64. The number of nitrogens with zero attached hydrogens (tertiary/aromatic N) is 3. The van der Waals surface area contributed by atoms with Gasteiger partial charge in [0.1, 0.15) is 5.78 Å². The van der Waals surface area contributed by atoms with E-state index in [2.05, 4.69) is 46.3 Å². The molecule has 1 aromatic heterocycles. The summed E-state index contributed by atoms with van der Waals surface area (Å²) in [4.78, 5) is 13.4. The van der Waals surface area contributed by atoms with Crippen LogP contribution in [0.1, 0.15) is 18.4 Å². The molecule has 1 saturated heterocycles. The van der Waals surface area contributed by atoms with E-state index in [0.717, 1.165) is 30.2 Å². The number of Topliss-reactive ketones (excluding diaryl/α,β-unsaturated/α-hetero) is 1. The van der Waals surface area contributed by atoms with Gasteiger partial charge in [-0.1, -0.05) is 29.8 Å². The predicted molar refractivity (Wildman–Crippen MR) is 78.7 cm³/mol. The van der Waals surface area contributed by atoms with Crippen LogP contribution in [-0.2, 0) is 4.79 Å². The molecular weight excluding hydrogens is 250 g/mol. The van der Waals surface area contributed by atoms with Crippen molar-refractivity contribution in [2.24, 2.45) is 0 Å². The quantitative estimate of drug-likeness (QED) is 0.839. The second-order valence-electron chi connectivity index (χ2n) is 5.17. The van der Waals surface area contributed by atoms with Gasteiger partial charge in [-0.15, -0.1) is 10.2 Å². The molecule has 0 aliphatic carbocycles. The number of rotatable bonds is 2. The lowest BCUT2D eigenvalue weighted by molar-refractivity contribution is -0.119. The fourth-order valence-electron chi connectivity index (χ4n) is 2.36. The Balaban J connectivity index is 1.77. The highest BCUT2D eigenvalue weighted by molar-refractivity contribution is 5.80. The summed E-state index contributed by atoms with van der Waals surface area (Å²) in [5.74, 6) is 1.19. The molecule has 102 valence electrons. The van der Waals surface area contributed by atoms with Crippen LogP contribution in [0.4, 0.5) is 5.82 Å². The Morgan fingerprint density at radius 3 is 2.25 bits per heavy atom. The maximum Gasteiger partial charge on any atom is 0.151 e. The molecule has 3 rings (SSSR count). The summed E-state index contributed by atoms with van der Waals surface area (Å²) in [6.07, 6.45) is 1.22. The molecular formula is C16H17N3O. The van der Waals surface area contributed by atoms with Crippen LogP contribution >= 0.6 is 0 Å². The largest absolute Gasteiger partial charge is 0.354 e. The minimum Gasteiger partial charge on any atom is -0.354 e. The number of piperidine rings is 1. The second-order valence-corrected chi connectivity index (χ2v) is 5.17. The van der Waals surface area contributed by atoms with Gasteiger partial charge in [0, 0.05) is 31.5 Å². The van der Waals surface area contributed by atoms with E-state index >= 15 is 0 Å². The molecule has 2 aromatic rings. The van der Waals surface area contributed by atoms with Crippen LogP contribution in [0.2, 0.25) is 0 Å². The predicted octanol–water partition coefficient (Wildman–Crippen LogP) is 2.62. The number of aromatic nitrogens is 2. The molecule has 1 fully saturated rings. The SMILES string of the molecule is Cc1ccc(-c2ccc(N3CCC(=O)CC3)nn2)cc1. The van der Waals surface area contributed by atoms with Crippen molar-refractivity contribution in [3.8, 4) is 11.3 Å². The summed E-state index contributed by atoms with van der Waals surface area (Å²) in [5.41, 5.74) is 3.18. The third kappa shape index (κ3) is 2.69. The molecule has 0 bridgehead atoms. The molecule has 0 radical (unpaired) electrons. The number of anilines is 1. The molecule has 0 atom stereocenters. The minimum absolute atomic E-state index is 0.338. The van der Waals surface area contributed by atoms with Gasteiger partial charge in [-0.2, -0.15) is 0 Å². The number of aryl methyl sites for hydroxylation is 1. The third-order valence-electron chi connectivity index (χ3n) is 3.64. The molecule has 0 spiro atoms. The van der Waals surface area contributed by atoms with Crippen LogP contribution < -0.4 is 4.90 Å². The summed E-state index contributed by atoms with van der Waals surface area (Å²) in [5, 5.41) is 8.59. The molecule has 4 heteroatoms. The standard InChI is InChI=1S/C16H17N3O/c1-12-2-4-13(5-3-12)15-6-7-16(18-17-15)19-10-8-14(20)9-11-19/h2-7H,8-11H2,1H3. The lowest BCUT2D eigenvalue weighted by Gasteiger charge is -2.26. The summed E-state index contributed by atoms with van der Waals surface area (Å²) >= 11 is 0. The van der Waals surface area contributed by atoms with Gasteiger partial charge in [0.2, 0.25) is 0 Å². The van der Waals surface area contributed by atoms with Crippen LogP contribution in [0.25, 0.3) is 11.3 Å². The topological polar surface area (TPSA) is 46.1 Å². The van der Waals surface area contributed by atoms with Gasteiger partial charge in [0.25, 0.3) is 0 Å². The molecule has 1 aliphatic rings. The van der Waals surface area contributed by atoms with E-state index in [-0.39, 0.29) is 0 Å². The van der Waals surface area contributed by atoms with Gasteiger partial charge in [-0.25, -0.2) is 0 Å². The molecule has 4 nitrogen and oxygen atoms in total. The van der Waals surface area contributed by atoms with E-state index in [1.165, 1.54) is 5.56 Å². The van der Waals surface area contributed by atoms with Crippen molar-refractivity contribution in [1.29, 1.82) is 0 Å². The number of hydrogen-bond donors (Lipinski definition) is 0. The second kappa shape index (κ2) is 5.41. The average Bonchev–Trinajstić information content (AvgIpc) is 2.49. The highest BCUT2D eigenvalue weighted by Crippen LogP contribution is 2.20. The highest BCUT2D eigenvalue weighted by Gasteiger charge is 2.17. The maximum absolute atomic E-state index is 11.2. The van der Waals surface area contributed by atoms with Crippen molar-refractivity contribution in [1.82, 2.24) is 10.2 Å². The zero-order valence-electron chi connectivity index (χ0n) is 11.5. The minimum atomic E-state index is 0.338. The molecule has 1 aromatic carbocycles. The summed E-state index contributed by atoms with van der Waals surface area (Å²) in [6, 6.07) is 12.2. The van der Waals surface area contributed by atoms with E-state index in [1.54, 1.807) is 0 Å². The first-order valence-electron chi connectivity index (χ1n) is 6.90. The van der Waals surface area contributed by atoms with Crippen molar-refractivity contribution < 1.29 is 4.79 Å². The fraction of sp³-hybridized carbons (Fsp3) is 0.312. The number of carbonyl (C=O) groups excluding carboxylic acids is 1. The molecule has 0 unspecified atom stereocenters. The van der Waals surface area contributed by atoms with Crippen LogP contribution in [0.3, 0.4) is 0 Å². The molecule has 2 heterocycles. The molecule has 1 aliphatic heterocycles. The highest BCUT2D eigenvalue weighted by atomic mass is 16.1. The van der Waals surface area contributed by atoms with E-state index in [4.69, 9.17) is 0 Å². The fourth-order valence-corrected chi connectivity index (χ4v) is 2.36. The van der Waals surface area contributed by atoms with Gasteiger partial charge in [0.15, 0.2) is 5.82 Å². The van der Waals surface area contributed by atoms with Gasteiger partial charge >= 0.3 is 0 Å². The number of hydrogen-bond acceptors (Lipinski definition) is 4. The normalized spacial score (nSPS) is 15.4. The van der Waals surface area contributed by atoms with Crippen molar-refractivity contribution >= 4 is 11.6 Å². The lowest BCUT2D eigenvalue weighted by atomic mass is 10.1. The first-order valence-corrected chi connectivity index (χ1v) is 6.90. The van der Waals surface area contributed by atoms with Crippen molar-refractivity contribution in [2.75, 3.05) is 18.0 Å². The van der Waals surface area contributed by atoms with Crippen molar-refractivity contribution in [3.05, 3.63) is 42.0 Å². The van der Waals surface area contributed by atoms with E-state index in [9.17, 15) is 4.79 Å². The number of carbonyl (C=O) groups is 1. The first-order chi connectivity index (χ1) is 9.72. The smallest absolute Gasteiger partial charge is 0.151 e. The average molecular weight is 267 g/mol. The Labute approximate surface area is 118 Å². The Bertz CT molecular complexity index is 595. The van der Waals surface area contributed by atoms with Gasteiger partial charge in [-0.05, 0) is 19.1 Å². The Hall–Kier alpha value is -2.23. The molecule has 0 saturated carbocycles. The Morgan fingerprint density at radius 2 is 1.65 bits per heavy atom. The van der Waals surface area contributed by atoms with Crippen LogP contribution in [0, 0.1) is 6.92 Å². The van der Waals surface area contributed by atoms with Crippen molar-refractivity contribution in [2.45, 2.75) is 19.8 Å². The van der Waals surface area contributed by atoms with Gasteiger partial charge in [0.05, 0.1) is 5.69 Å². The van der Waals surface area contributed by atoms with E-state index in [0.29, 0.717) is 18.6 Å².